The molecule has 0 aromatic heterocycles. The number of ether oxygens (including phenoxy) is 1. The van der Waals surface area contributed by atoms with E-state index in [2.05, 4.69) is 5.32 Å². The van der Waals surface area contributed by atoms with Gasteiger partial charge in [-0.1, -0.05) is 30.3 Å². The SMILES string of the molecule is CN[C@H](N)CCCC(=O)OCc1ccccc1. The average Bonchev–Trinajstić information content (AvgIpc) is 2.37. The third-order valence-electron chi connectivity index (χ3n) is 2.51. The molecule has 0 aliphatic carbocycles. The monoisotopic (exact) mass is 236 g/mol. The maximum Gasteiger partial charge on any atom is 0.306 e. The van der Waals surface area contributed by atoms with E-state index in [1.165, 1.54) is 0 Å². The van der Waals surface area contributed by atoms with Gasteiger partial charge in [-0.05, 0) is 25.5 Å². The van der Waals surface area contributed by atoms with E-state index in [0.29, 0.717) is 13.0 Å². The van der Waals surface area contributed by atoms with Gasteiger partial charge in [0.15, 0.2) is 0 Å². The second kappa shape index (κ2) is 7.81. The van der Waals surface area contributed by atoms with Crippen LogP contribution in [0.25, 0.3) is 0 Å². The summed E-state index contributed by atoms with van der Waals surface area (Å²) in [5.41, 5.74) is 6.67. The zero-order chi connectivity index (χ0) is 12.5. The van der Waals surface area contributed by atoms with Gasteiger partial charge in [-0.3, -0.25) is 4.79 Å². The molecule has 1 rings (SSSR count). The molecule has 0 unspecified atom stereocenters. The van der Waals surface area contributed by atoms with E-state index in [1.807, 2.05) is 30.3 Å². The number of nitrogens with one attached hydrogen (secondary N) is 1. The number of rotatable bonds is 7. The predicted molar refractivity (Wildman–Crippen MR) is 67.1 cm³/mol. The van der Waals surface area contributed by atoms with Crippen LogP contribution in [0.3, 0.4) is 0 Å². The highest BCUT2D eigenvalue weighted by Gasteiger charge is 2.05. The van der Waals surface area contributed by atoms with Gasteiger partial charge in [0.1, 0.15) is 6.61 Å². The summed E-state index contributed by atoms with van der Waals surface area (Å²) >= 11 is 0. The summed E-state index contributed by atoms with van der Waals surface area (Å²) in [4.78, 5) is 11.4. The largest absolute Gasteiger partial charge is 0.461 e. The molecule has 17 heavy (non-hydrogen) atoms. The van der Waals surface area contributed by atoms with Crippen molar-refractivity contribution in [2.45, 2.75) is 32.0 Å². The molecule has 0 saturated heterocycles. The minimum Gasteiger partial charge on any atom is -0.461 e. The van der Waals surface area contributed by atoms with Gasteiger partial charge in [-0.25, -0.2) is 0 Å². The van der Waals surface area contributed by atoms with Crippen LogP contribution in [-0.2, 0) is 16.1 Å². The Balaban J connectivity index is 2.13. The van der Waals surface area contributed by atoms with E-state index < -0.39 is 0 Å². The van der Waals surface area contributed by atoms with Crippen LogP contribution < -0.4 is 11.1 Å². The van der Waals surface area contributed by atoms with Crippen molar-refractivity contribution < 1.29 is 9.53 Å². The number of carbonyl (C=O) groups is 1. The maximum absolute atomic E-state index is 11.4. The lowest BCUT2D eigenvalue weighted by molar-refractivity contribution is -0.145. The smallest absolute Gasteiger partial charge is 0.306 e. The van der Waals surface area contributed by atoms with Crippen LogP contribution in [0.4, 0.5) is 0 Å². The Hall–Kier alpha value is -1.39. The topological polar surface area (TPSA) is 64.3 Å². The third-order valence-corrected chi connectivity index (χ3v) is 2.51. The third kappa shape index (κ3) is 6.04. The molecule has 1 atom stereocenters. The summed E-state index contributed by atoms with van der Waals surface area (Å²) in [5, 5.41) is 2.92. The molecule has 94 valence electrons. The Morgan fingerprint density at radius 1 is 1.41 bits per heavy atom. The van der Waals surface area contributed by atoms with Crippen LogP contribution in [0.15, 0.2) is 30.3 Å². The summed E-state index contributed by atoms with van der Waals surface area (Å²) in [7, 11) is 1.80. The summed E-state index contributed by atoms with van der Waals surface area (Å²) < 4.78 is 5.14. The highest BCUT2D eigenvalue weighted by Crippen LogP contribution is 2.04. The minimum absolute atomic E-state index is 0.0445. The van der Waals surface area contributed by atoms with Gasteiger partial charge in [0.2, 0.25) is 0 Å². The molecule has 3 N–H and O–H groups in total. The zero-order valence-corrected chi connectivity index (χ0v) is 10.2. The van der Waals surface area contributed by atoms with Crippen LogP contribution in [0.2, 0.25) is 0 Å². The fourth-order valence-corrected chi connectivity index (χ4v) is 1.42. The van der Waals surface area contributed by atoms with E-state index in [9.17, 15) is 4.79 Å². The second-order valence-corrected chi connectivity index (χ2v) is 3.93. The van der Waals surface area contributed by atoms with Crippen LogP contribution >= 0.6 is 0 Å². The van der Waals surface area contributed by atoms with Gasteiger partial charge < -0.3 is 15.8 Å². The number of nitrogens with two attached hydrogens (primary N) is 1. The van der Waals surface area contributed by atoms with E-state index in [-0.39, 0.29) is 12.1 Å². The molecule has 0 fully saturated rings. The molecule has 4 nitrogen and oxygen atoms in total. The van der Waals surface area contributed by atoms with Crippen molar-refractivity contribution in [1.82, 2.24) is 5.32 Å². The van der Waals surface area contributed by atoms with Crippen molar-refractivity contribution in [3.63, 3.8) is 0 Å². The molecule has 0 aliphatic heterocycles. The van der Waals surface area contributed by atoms with Crippen molar-refractivity contribution in [3.05, 3.63) is 35.9 Å². The molecule has 1 aromatic rings. The molecule has 0 radical (unpaired) electrons. The molecular formula is C13H20N2O2. The molecule has 1 aromatic carbocycles. The average molecular weight is 236 g/mol. The highest BCUT2D eigenvalue weighted by atomic mass is 16.5. The summed E-state index contributed by atoms with van der Waals surface area (Å²) in [6.45, 7) is 0.345. The fraction of sp³-hybridized carbons (Fsp3) is 0.462. The molecule has 0 spiro atoms. The first-order valence-corrected chi connectivity index (χ1v) is 5.84. The molecular weight excluding hydrogens is 216 g/mol. The van der Waals surface area contributed by atoms with Gasteiger partial charge in [0.05, 0.1) is 6.17 Å². The Kier molecular flexibility index (Phi) is 6.29. The zero-order valence-electron chi connectivity index (χ0n) is 10.2. The van der Waals surface area contributed by atoms with E-state index in [0.717, 1.165) is 18.4 Å². The van der Waals surface area contributed by atoms with Crippen molar-refractivity contribution in [3.8, 4) is 0 Å². The number of hydrogen-bond acceptors (Lipinski definition) is 4. The molecule has 0 aliphatic rings. The first-order valence-electron chi connectivity index (χ1n) is 5.84. The Morgan fingerprint density at radius 3 is 2.76 bits per heavy atom. The molecule has 0 amide bonds. The lowest BCUT2D eigenvalue weighted by Gasteiger charge is -2.09. The first kappa shape index (κ1) is 13.7. The number of benzene rings is 1. The fourth-order valence-electron chi connectivity index (χ4n) is 1.42. The first-order chi connectivity index (χ1) is 8.22. The summed E-state index contributed by atoms with van der Waals surface area (Å²) in [6.07, 6.45) is 1.89. The number of esters is 1. The minimum atomic E-state index is -0.169. The van der Waals surface area contributed by atoms with Crippen molar-refractivity contribution in [2.75, 3.05) is 7.05 Å². The second-order valence-electron chi connectivity index (χ2n) is 3.93. The van der Waals surface area contributed by atoms with Crippen LogP contribution in [-0.4, -0.2) is 19.2 Å². The van der Waals surface area contributed by atoms with Crippen LogP contribution in [0.1, 0.15) is 24.8 Å². The molecule has 0 bridgehead atoms. The Bertz CT molecular complexity index is 327. The molecule has 0 heterocycles. The standard InChI is InChI=1S/C13H20N2O2/c1-15-12(14)8-5-9-13(16)17-10-11-6-3-2-4-7-11/h2-4,6-7,12,15H,5,8-10,14H2,1H3/t12-/m0/s1. The van der Waals surface area contributed by atoms with E-state index >= 15 is 0 Å². The Morgan fingerprint density at radius 2 is 2.12 bits per heavy atom. The molecule has 0 saturated carbocycles. The van der Waals surface area contributed by atoms with Gasteiger partial charge in [-0.2, -0.15) is 0 Å². The van der Waals surface area contributed by atoms with Gasteiger partial charge >= 0.3 is 5.97 Å². The summed E-state index contributed by atoms with van der Waals surface area (Å²) in [5.74, 6) is -0.169. The predicted octanol–water partition coefficient (Wildman–Crippen LogP) is 1.40. The number of carbonyl (C=O) groups excluding carboxylic acids is 1. The van der Waals surface area contributed by atoms with Gasteiger partial charge in [0, 0.05) is 6.42 Å². The lowest BCUT2D eigenvalue weighted by Crippen LogP contribution is -2.34. The van der Waals surface area contributed by atoms with Crippen molar-refractivity contribution in [1.29, 1.82) is 0 Å². The normalized spacial score (nSPS) is 12.1. The van der Waals surface area contributed by atoms with E-state index in [1.54, 1.807) is 7.05 Å². The summed E-state index contributed by atoms with van der Waals surface area (Å²) in [6, 6.07) is 9.66. The van der Waals surface area contributed by atoms with Crippen molar-refractivity contribution in [2.24, 2.45) is 5.73 Å². The molecule has 4 heteroatoms. The van der Waals surface area contributed by atoms with E-state index in [4.69, 9.17) is 10.5 Å². The Labute approximate surface area is 102 Å². The van der Waals surface area contributed by atoms with Crippen LogP contribution in [0, 0.1) is 0 Å². The highest BCUT2D eigenvalue weighted by molar-refractivity contribution is 5.69. The maximum atomic E-state index is 11.4. The van der Waals surface area contributed by atoms with Crippen molar-refractivity contribution >= 4 is 5.97 Å². The lowest BCUT2D eigenvalue weighted by atomic mass is 10.2. The number of hydrogen-bond donors (Lipinski definition) is 2. The quantitative estimate of drug-likeness (QED) is 0.555. The van der Waals surface area contributed by atoms with Gasteiger partial charge in [0.25, 0.3) is 0 Å². The van der Waals surface area contributed by atoms with Crippen LogP contribution in [0.5, 0.6) is 0 Å². The van der Waals surface area contributed by atoms with Gasteiger partial charge in [-0.15, -0.1) is 0 Å².